The van der Waals surface area contributed by atoms with Crippen LogP contribution in [0.2, 0.25) is 0 Å². The maximum atomic E-state index is 14.2. The van der Waals surface area contributed by atoms with Crippen LogP contribution in [0.15, 0.2) is 48.8 Å². The number of pyridine rings is 1. The number of aromatic nitrogens is 1. The highest BCUT2D eigenvalue weighted by Gasteiger charge is 2.50. The number of halogens is 2. The summed E-state index contributed by atoms with van der Waals surface area (Å²) in [5.41, 5.74) is -0.537. The Kier molecular flexibility index (Phi) is 3.89. The van der Waals surface area contributed by atoms with Gasteiger partial charge >= 0.3 is 6.03 Å². The highest BCUT2D eigenvalue weighted by atomic mass is 19.1. The van der Waals surface area contributed by atoms with Crippen LogP contribution in [-0.2, 0) is 16.9 Å². The number of hydrogen-bond donors (Lipinski definition) is 1. The van der Waals surface area contributed by atoms with Crippen molar-refractivity contribution in [1.82, 2.24) is 14.6 Å². The molecule has 0 aliphatic carbocycles. The zero-order valence-corrected chi connectivity index (χ0v) is 14.7. The Morgan fingerprint density at radius 3 is 2.75 bits per heavy atom. The van der Waals surface area contributed by atoms with Crippen molar-refractivity contribution >= 4 is 17.5 Å². The number of rotatable bonds is 3. The number of carbonyl (C=O) groups is 2. The minimum Gasteiger partial charge on any atom is -0.322 e. The van der Waals surface area contributed by atoms with E-state index >= 15 is 0 Å². The Labute approximate surface area is 158 Å². The van der Waals surface area contributed by atoms with Gasteiger partial charge in [0.25, 0.3) is 5.91 Å². The lowest BCUT2D eigenvalue weighted by atomic mass is 9.91. The normalized spacial score (nSPS) is 19.1. The Morgan fingerprint density at radius 2 is 2.00 bits per heavy atom. The van der Waals surface area contributed by atoms with Gasteiger partial charge in [0, 0.05) is 23.5 Å². The number of nitrogens with one attached hydrogen (secondary N) is 1. The summed E-state index contributed by atoms with van der Waals surface area (Å²) >= 11 is 0. The first-order valence-electron chi connectivity index (χ1n) is 8.43. The van der Waals surface area contributed by atoms with Gasteiger partial charge in [-0.3, -0.25) is 9.69 Å². The third-order valence-corrected chi connectivity index (χ3v) is 4.94. The molecule has 140 valence electrons. The van der Waals surface area contributed by atoms with Crippen LogP contribution in [0.3, 0.4) is 0 Å². The summed E-state index contributed by atoms with van der Waals surface area (Å²) in [4.78, 5) is 26.4. The second-order valence-corrected chi connectivity index (χ2v) is 6.70. The summed E-state index contributed by atoms with van der Waals surface area (Å²) in [5.74, 6) is -2.24. The average molecular weight is 380 g/mol. The maximum Gasteiger partial charge on any atom is 0.325 e. The van der Waals surface area contributed by atoms with Crippen molar-refractivity contribution in [3.8, 4) is 6.07 Å². The molecule has 3 amide bonds. The van der Waals surface area contributed by atoms with Crippen LogP contribution in [0.25, 0.3) is 5.52 Å². The number of nitrogens with zero attached hydrogens (tertiary/aromatic N) is 3. The number of nitriles is 1. The van der Waals surface area contributed by atoms with Crippen LogP contribution >= 0.6 is 0 Å². The van der Waals surface area contributed by atoms with E-state index in [1.807, 2.05) is 0 Å². The molecule has 1 aliphatic heterocycles. The number of amides is 3. The Balaban J connectivity index is 1.73. The molecule has 2 aromatic heterocycles. The van der Waals surface area contributed by atoms with E-state index in [0.717, 1.165) is 23.1 Å². The lowest BCUT2D eigenvalue weighted by Gasteiger charge is -2.22. The maximum absolute atomic E-state index is 14.2. The Morgan fingerprint density at radius 1 is 1.21 bits per heavy atom. The average Bonchev–Trinajstić information content (AvgIpc) is 3.13. The van der Waals surface area contributed by atoms with E-state index in [-0.39, 0.29) is 12.1 Å². The lowest BCUT2D eigenvalue weighted by Crippen LogP contribution is -2.41. The van der Waals surface area contributed by atoms with Crippen LogP contribution in [0.4, 0.5) is 13.6 Å². The van der Waals surface area contributed by atoms with Crippen LogP contribution < -0.4 is 5.32 Å². The van der Waals surface area contributed by atoms with Crippen molar-refractivity contribution in [2.45, 2.75) is 19.0 Å². The number of fused-ring (bicyclic) bond motifs is 1. The lowest BCUT2D eigenvalue weighted by molar-refractivity contribution is -0.131. The quantitative estimate of drug-likeness (QED) is 0.710. The highest BCUT2D eigenvalue weighted by Crippen LogP contribution is 2.32. The number of hydrogen-bond acceptors (Lipinski definition) is 3. The van der Waals surface area contributed by atoms with E-state index in [1.165, 1.54) is 6.92 Å². The molecule has 0 unspecified atom stereocenters. The molecule has 0 bridgehead atoms. The fourth-order valence-corrected chi connectivity index (χ4v) is 3.50. The van der Waals surface area contributed by atoms with E-state index < -0.39 is 29.1 Å². The molecule has 3 heterocycles. The zero-order chi connectivity index (χ0) is 20.1. The molecule has 1 saturated heterocycles. The minimum atomic E-state index is -1.74. The summed E-state index contributed by atoms with van der Waals surface area (Å²) in [6, 6.07) is 9.40. The number of imide groups is 1. The third kappa shape index (κ3) is 2.52. The smallest absolute Gasteiger partial charge is 0.322 e. The second kappa shape index (κ2) is 6.16. The highest BCUT2D eigenvalue weighted by molar-refractivity contribution is 6.07. The topological polar surface area (TPSA) is 77.6 Å². The molecule has 0 radical (unpaired) electrons. The van der Waals surface area contributed by atoms with Crippen LogP contribution in [0.1, 0.15) is 23.6 Å². The van der Waals surface area contributed by atoms with Crippen molar-refractivity contribution in [2.75, 3.05) is 0 Å². The van der Waals surface area contributed by atoms with Gasteiger partial charge in [-0.05, 0) is 37.3 Å². The molecule has 0 saturated carbocycles. The first-order chi connectivity index (χ1) is 13.3. The van der Waals surface area contributed by atoms with Gasteiger partial charge in [0.15, 0.2) is 0 Å². The minimum absolute atomic E-state index is 0.165. The SMILES string of the molecule is C[C@]1(c2cc(F)ccc2F)NC(=O)N(Cc2cn3ccccc3c2C#N)C1=O. The van der Waals surface area contributed by atoms with Gasteiger partial charge in [-0.2, -0.15) is 5.26 Å². The van der Waals surface area contributed by atoms with Gasteiger partial charge in [0.2, 0.25) is 0 Å². The molecule has 8 heteroatoms. The predicted octanol–water partition coefficient (Wildman–Crippen LogP) is 3.06. The predicted molar refractivity (Wildman–Crippen MR) is 94.9 cm³/mol. The summed E-state index contributed by atoms with van der Waals surface area (Å²) in [6.07, 6.45) is 3.41. The summed E-state index contributed by atoms with van der Waals surface area (Å²) in [7, 11) is 0. The van der Waals surface area contributed by atoms with Crippen LogP contribution in [0, 0.1) is 23.0 Å². The van der Waals surface area contributed by atoms with Gasteiger partial charge < -0.3 is 9.72 Å². The van der Waals surface area contributed by atoms with Crippen molar-refractivity contribution in [1.29, 1.82) is 5.26 Å². The van der Waals surface area contributed by atoms with E-state index in [1.54, 1.807) is 35.0 Å². The van der Waals surface area contributed by atoms with Crippen LogP contribution in [0.5, 0.6) is 0 Å². The summed E-state index contributed by atoms with van der Waals surface area (Å²) in [6.45, 7) is 1.16. The molecular formula is C20H14F2N4O2. The zero-order valence-electron chi connectivity index (χ0n) is 14.7. The van der Waals surface area contributed by atoms with Gasteiger partial charge in [-0.15, -0.1) is 0 Å². The Hall–Kier alpha value is -3.73. The van der Waals surface area contributed by atoms with E-state index in [2.05, 4.69) is 11.4 Å². The van der Waals surface area contributed by atoms with Crippen molar-refractivity contribution in [3.05, 3.63) is 77.1 Å². The van der Waals surface area contributed by atoms with Crippen molar-refractivity contribution in [3.63, 3.8) is 0 Å². The molecule has 4 rings (SSSR count). The number of urea groups is 1. The third-order valence-electron chi connectivity index (χ3n) is 4.94. The largest absolute Gasteiger partial charge is 0.325 e. The second-order valence-electron chi connectivity index (χ2n) is 6.70. The monoisotopic (exact) mass is 380 g/mol. The molecule has 6 nitrogen and oxygen atoms in total. The van der Waals surface area contributed by atoms with Gasteiger partial charge in [-0.25, -0.2) is 13.6 Å². The number of benzene rings is 1. The first-order valence-corrected chi connectivity index (χ1v) is 8.43. The molecule has 1 aliphatic rings. The standard InChI is InChI=1S/C20H14F2N4O2/c1-20(15-8-13(21)5-6-16(15)22)18(27)26(19(28)24-20)11-12-10-25-7-3-2-4-17(25)14(12)9-23/h2-8,10H,11H2,1H3,(H,24,28)/t20-/m1/s1. The first kappa shape index (κ1) is 17.7. The molecule has 0 spiro atoms. The molecule has 3 aromatic rings. The van der Waals surface area contributed by atoms with Gasteiger partial charge in [0.1, 0.15) is 23.2 Å². The van der Waals surface area contributed by atoms with Gasteiger partial charge in [0.05, 0.1) is 17.6 Å². The van der Waals surface area contributed by atoms with Crippen molar-refractivity contribution in [2.24, 2.45) is 0 Å². The molecule has 1 fully saturated rings. The molecule has 1 aromatic carbocycles. The fraction of sp³-hybridized carbons (Fsp3) is 0.150. The summed E-state index contributed by atoms with van der Waals surface area (Å²) in [5, 5.41) is 11.9. The van der Waals surface area contributed by atoms with E-state index in [9.17, 15) is 23.6 Å². The summed E-state index contributed by atoms with van der Waals surface area (Å²) < 4.78 is 29.6. The fourth-order valence-electron chi connectivity index (χ4n) is 3.50. The van der Waals surface area contributed by atoms with Gasteiger partial charge in [-0.1, -0.05) is 6.07 Å². The number of carbonyl (C=O) groups excluding carboxylic acids is 2. The molecule has 28 heavy (non-hydrogen) atoms. The molecular weight excluding hydrogens is 366 g/mol. The molecule has 1 N–H and O–H groups in total. The Bertz CT molecular complexity index is 1180. The van der Waals surface area contributed by atoms with Crippen LogP contribution in [-0.4, -0.2) is 21.2 Å². The van der Waals surface area contributed by atoms with E-state index in [0.29, 0.717) is 16.6 Å². The van der Waals surface area contributed by atoms with E-state index in [4.69, 9.17) is 0 Å². The van der Waals surface area contributed by atoms with Crippen molar-refractivity contribution < 1.29 is 18.4 Å². The molecule has 1 atom stereocenters.